The Morgan fingerprint density at radius 3 is 2.67 bits per heavy atom. The van der Waals surface area contributed by atoms with Crippen molar-refractivity contribution >= 4 is 15.6 Å². The van der Waals surface area contributed by atoms with E-state index in [1.807, 2.05) is 11.8 Å². The van der Waals surface area contributed by atoms with Gasteiger partial charge >= 0.3 is 21.3 Å². The van der Waals surface area contributed by atoms with Crippen molar-refractivity contribution in [3.63, 3.8) is 0 Å². The monoisotopic (exact) mass is 554 g/mol. The highest BCUT2D eigenvalue weighted by molar-refractivity contribution is 7.61. The molecule has 0 aromatic carbocycles. The topological polar surface area (TPSA) is 218 Å². The number of phosphoric acid groups is 2. The van der Waals surface area contributed by atoms with Crippen LogP contribution in [0.1, 0.15) is 38.5 Å². The highest BCUT2D eigenvalue weighted by Crippen LogP contribution is 2.60. The third kappa shape index (κ3) is 9.24. The molecule has 1 aromatic heterocycles. The molecule has 36 heavy (non-hydrogen) atoms. The van der Waals surface area contributed by atoms with Crippen LogP contribution >= 0.6 is 15.6 Å². The largest absolute Gasteiger partial charge is 0.481 e. The van der Waals surface area contributed by atoms with Crippen LogP contribution in [0.2, 0.25) is 0 Å². The molecule has 1 fully saturated rings. The lowest BCUT2D eigenvalue weighted by Crippen LogP contribution is -2.33. The van der Waals surface area contributed by atoms with E-state index >= 15 is 0 Å². The molecule has 2 rings (SSSR count). The van der Waals surface area contributed by atoms with Gasteiger partial charge in [-0.3, -0.25) is 23.4 Å². The second-order valence-corrected chi connectivity index (χ2v) is 11.6. The van der Waals surface area contributed by atoms with E-state index in [-0.39, 0.29) is 25.1 Å². The summed E-state index contributed by atoms with van der Waals surface area (Å²) in [5.74, 6) is 0.414. The molecular weight excluding hydrogens is 522 g/mol. The third-order valence-corrected chi connectivity index (χ3v) is 8.15. The molecule has 0 aliphatic carbocycles. The number of rotatable bonds is 14. The number of azide groups is 1. The maximum absolute atomic E-state index is 12.3. The second-order valence-electron chi connectivity index (χ2n) is 8.54. The molecule has 0 radical (unpaired) electrons. The van der Waals surface area contributed by atoms with Crippen molar-refractivity contribution in [2.75, 3.05) is 33.4 Å². The minimum atomic E-state index is -5.10. The molecule has 0 saturated carbocycles. The predicted octanol–water partition coefficient (Wildman–Crippen LogP) is 2.04. The first-order valence-corrected chi connectivity index (χ1v) is 14.1. The molecule has 6 atom stereocenters. The Morgan fingerprint density at radius 2 is 2.03 bits per heavy atom. The van der Waals surface area contributed by atoms with Crippen LogP contribution in [-0.2, 0) is 27.2 Å². The molecule has 3 N–H and O–H groups in total. The first-order chi connectivity index (χ1) is 16.8. The zero-order chi connectivity index (χ0) is 27.1. The van der Waals surface area contributed by atoms with Crippen molar-refractivity contribution in [1.82, 2.24) is 14.5 Å². The SMILES string of the molecule is CCC(C)CN(C)CCOP(=O)(O)OP(=O)(O)OCC1OC(n2cc(C)c(=O)[nH]c2=O)CC1N=[N+]=[N-]. The molecular formula is C18H32N6O10P2. The summed E-state index contributed by atoms with van der Waals surface area (Å²) in [6, 6.07) is -0.919. The van der Waals surface area contributed by atoms with Crippen molar-refractivity contribution in [3.8, 4) is 0 Å². The number of H-pyrrole nitrogens is 1. The van der Waals surface area contributed by atoms with E-state index in [9.17, 15) is 28.5 Å². The Labute approximate surface area is 207 Å². The Kier molecular flexibility index (Phi) is 11.1. The molecule has 2 heterocycles. The number of aromatic nitrogens is 2. The van der Waals surface area contributed by atoms with Crippen LogP contribution in [0.4, 0.5) is 0 Å². The standard InChI is InChI=1S/C18H32N6O10P2/c1-5-12(2)9-23(4)6-7-31-35(27,28)34-36(29,30)32-11-15-14(21-22-19)8-16(33-15)24-10-13(3)17(25)20-18(24)26/h10,12,14-16H,5-9,11H2,1-4H3,(H,27,28)(H,29,30)(H,20,25,26). The van der Waals surface area contributed by atoms with Crippen molar-refractivity contribution in [2.24, 2.45) is 11.0 Å². The number of aryl methyl sites for hydroxylation is 1. The maximum atomic E-state index is 12.3. The first kappa shape index (κ1) is 30.4. The van der Waals surface area contributed by atoms with Crippen LogP contribution < -0.4 is 11.2 Å². The Bertz CT molecular complexity index is 1150. The third-order valence-electron chi connectivity index (χ3n) is 5.52. The van der Waals surface area contributed by atoms with Gasteiger partial charge in [-0.05, 0) is 25.4 Å². The number of phosphoric ester groups is 2. The summed E-state index contributed by atoms with van der Waals surface area (Å²) in [7, 11) is -8.24. The van der Waals surface area contributed by atoms with Crippen LogP contribution in [0.5, 0.6) is 0 Å². The number of hydrogen-bond donors (Lipinski definition) is 3. The fourth-order valence-electron chi connectivity index (χ4n) is 3.43. The Morgan fingerprint density at radius 1 is 1.36 bits per heavy atom. The summed E-state index contributed by atoms with van der Waals surface area (Å²) in [6.07, 6.45) is 0.136. The van der Waals surface area contributed by atoms with Gasteiger partial charge in [-0.25, -0.2) is 13.9 Å². The lowest BCUT2D eigenvalue weighted by Gasteiger charge is -2.22. The number of ether oxygens (including phenoxy) is 1. The van der Waals surface area contributed by atoms with Crippen molar-refractivity contribution in [1.29, 1.82) is 0 Å². The Balaban J connectivity index is 1.96. The molecule has 0 spiro atoms. The smallest absolute Gasteiger partial charge is 0.352 e. The van der Waals surface area contributed by atoms with Gasteiger partial charge < -0.3 is 19.4 Å². The number of nitrogens with one attached hydrogen (secondary N) is 1. The second kappa shape index (κ2) is 13.1. The summed E-state index contributed by atoms with van der Waals surface area (Å²) in [4.78, 5) is 50.1. The van der Waals surface area contributed by atoms with Crippen molar-refractivity contribution < 1.29 is 37.0 Å². The average molecular weight is 554 g/mol. The number of aromatic amines is 1. The highest BCUT2D eigenvalue weighted by Gasteiger charge is 2.40. The minimum Gasteiger partial charge on any atom is -0.352 e. The van der Waals surface area contributed by atoms with E-state index < -0.39 is 51.9 Å². The van der Waals surface area contributed by atoms with E-state index in [0.717, 1.165) is 17.5 Å². The minimum absolute atomic E-state index is 0.00810. The normalized spacial score (nSPS) is 24.1. The summed E-state index contributed by atoms with van der Waals surface area (Å²) in [5, 5.41) is 3.55. The molecule has 0 bridgehead atoms. The molecule has 16 nitrogen and oxygen atoms in total. The van der Waals surface area contributed by atoms with E-state index in [0.29, 0.717) is 5.92 Å². The average Bonchev–Trinajstić information content (AvgIpc) is 3.16. The van der Waals surface area contributed by atoms with Gasteiger partial charge in [0.2, 0.25) is 0 Å². The van der Waals surface area contributed by atoms with Gasteiger partial charge in [-0.15, -0.1) is 0 Å². The van der Waals surface area contributed by atoms with Gasteiger partial charge in [0, 0.05) is 36.2 Å². The molecule has 1 aromatic rings. The molecule has 6 unspecified atom stereocenters. The zero-order valence-corrected chi connectivity index (χ0v) is 22.2. The highest BCUT2D eigenvalue weighted by atomic mass is 31.3. The summed E-state index contributed by atoms with van der Waals surface area (Å²) >= 11 is 0. The van der Waals surface area contributed by atoms with E-state index in [4.69, 9.17) is 19.3 Å². The number of likely N-dealkylation sites (N-methyl/N-ethyl adjacent to an activating group) is 1. The van der Waals surface area contributed by atoms with Gasteiger partial charge in [0.1, 0.15) is 6.23 Å². The lowest BCUT2D eigenvalue weighted by atomic mass is 10.1. The fourth-order valence-corrected chi connectivity index (χ4v) is 5.50. The van der Waals surface area contributed by atoms with E-state index in [2.05, 4.69) is 26.2 Å². The van der Waals surface area contributed by atoms with Crippen LogP contribution in [-0.4, -0.2) is 69.7 Å². The molecule has 204 valence electrons. The molecule has 1 aliphatic rings. The van der Waals surface area contributed by atoms with Crippen molar-refractivity contribution in [2.45, 2.75) is 52.0 Å². The first-order valence-electron chi connectivity index (χ1n) is 11.1. The number of nitrogens with zero attached hydrogens (tertiary/aromatic N) is 5. The predicted molar refractivity (Wildman–Crippen MR) is 127 cm³/mol. The van der Waals surface area contributed by atoms with Gasteiger partial charge in [0.25, 0.3) is 5.56 Å². The zero-order valence-electron chi connectivity index (χ0n) is 20.4. The summed E-state index contributed by atoms with van der Waals surface area (Å²) < 4.78 is 45.0. The lowest BCUT2D eigenvalue weighted by molar-refractivity contribution is -0.0269. The quantitative estimate of drug-likeness (QED) is 0.131. The van der Waals surface area contributed by atoms with Crippen LogP contribution in [0.3, 0.4) is 0 Å². The summed E-state index contributed by atoms with van der Waals surface area (Å²) in [6.45, 7) is 5.68. The van der Waals surface area contributed by atoms with Crippen molar-refractivity contribution in [3.05, 3.63) is 43.0 Å². The molecule has 1 saturated heterocycles. The Hall–Kier alpha value is -1.83. The van der Waals surface area contributed by atoms with Gasteiger partial charge in [-0.2, -0.15) is 4.31 Å². The maximum Gasteiger partial charge on any atom is 0.481 e. The van der Waals surface area contributed by atoms with E-state index in [1.165, 1.54) is 13.1 Å². The molecule has 1 aliphatic heterocycles. The van der Waals surface area contributed by atoms with Crippen LogP contribution in [0.15, 0.2) is 20.9 Å². The van der Waals surface area contributed by atoms with Crippen LogP contribution in [0.25, 0.3) is 10.4 Å². The molecule has 18 heteroatoms. The van der Waals surface area contributed by atoms with Gasteiger partial charge in [0.15, 0.2) is 0 Å². The number of hydrogen-bond acceptors (Lipinski definition) is 10. The molecule has 0 amide bonds. The van der Waals surface area contributed by atoms with E-state index in [1.54, 1.807) is 7.05 Å². The van der Waals surface area contributed by atoms with Crippen LogP contribution in [0, 0.1) is 12.8 Å². The fraction of sp³-hybridized carbons (Fsp3) is 0.778. The summed E-state index contributed by atoms with van der Waals surface area (Å²) in [5.41, 5.74) is 7.73. The van der Waals surface area contributed by atoms with Gasteiger partial charge in [0.05, 0.1) is 25.4 Å². The van der Waals surface area contributed by atoms with Gasteiger partial charge in [-0.1, -0.05) is 25.4 Å².